The number of fused-ring (bicyclic) bond motifs is 1. The van der Waals surface area contributed by atoms with Crippen molar-refractivity contribution < 1.29 is 0 Å². The van der Waals surface area contributed by atoms with Crippen molar-refractivity contribution in [2.24, 2.45) is 5.10 Å². The van der Waals surface area contributed by atoms with Gasteiger partial charge in [-0.2, -0.15) is 5.10 Å². The van der Waals surface area contributed by atoms with Crippen LogP contribution in [0.5, 0.6) is 0 Å². The summed E-state index contributed by atoms with van der Waals surface area (Å²) in [7, 11) is 2.06. The zero-order chi connectivity index (χ0) is 18.2. The molecular weight excluding hydrogens is 377 g/mol. The number of hydrogen-bond donors (Lipinski definition) is 1. The van der Waals surface area contributed by atoms with Gasteiger partial charge in [0.2, 0.25) is 0 Å². The topological polar surface area (TPSA) is 27.6 Å². The van der Waals surface area contributed by atoms with Gasteiger partial charge in [0.15, 0.2) is 0 Å². The van der Waals surface area contributed by atoms with Crippen molar-refractivity contribution in [3.63, 3.8) is 0 Å². The minimum Gasteiger partial charge on any atom is -0.347 e. The summed E-state index contributed by atoms with van der Waals surface area (Å²) >= 11 is 18.2. The lowest BCUT2D eigenvalue weighted by atomic mass is 9.84. The van der Waals surface area contributed by atoms with Crippen LogP contribution in [-0.2, 0) is 5.41 Å². The Labute approximate surface area is 162 Å². The van der Waals surface area contributed by atoms with Gasteiger partial charge >= 0.3 is 0 Å². The second kappa shape index (κ2) is 6.91. The van der Waals surface area contributed by atoms with Crippen LogP contribution in [-0.4, -0.2) is 13.3 Å². The second-order valence-electron chi connectivity index (χ2n) is 6.39. The molecule has 0 fully saturated rings. The standard InChI is InChI=1S/C19H18Cl3N3/c1-19(2)13-6-4-5-7-16(13)25(3)17(19)8-9-23-24-18-14(21)10-12(20)11-15(18)22/h4-11,24H,1-3H3/b17-8-,23-9+. The highest BCUT2D eigenvalue weighted by molar-refractivity contribution is 6.41. The first-order valence-corrected chi connectivity index (χ1v) is 8.93. The number of nitrogens with zero attached hydrogens (tertiary/aromatic N) is 2. The molecule has 0 amide bonds. The number of benzene rings is 2. The zero-order valence-corrected chi connectivity index (χ0v) is 16.4. The molecule has 0 spiro atoms. The van der Waals surface area contributed by atoms with E-state index in [2.05, 4.69) is 60.6 Å². The van der Waals surface area contributed by atoms with Crippen molar-refractivity contribution in [3.8, 4) is 0 Å². The summed E-state index contributed by atoms with van der Waals surface area (Å²) in [6.45, 7) is 4.41. The minimum atomic E-state index is -0.0904. The lowest BCUT2D eigenvalue weighted by molar-refractivity contribution is 0.641. The van der Waals surface area contributed by atoms with Gasteiger partial charge in [-0.05, 0) is 29.8 Å². The Morgan fingerprint density at radius 1 is 1.08 bits per heavy atom. The van der Waals surface area contributed by atoms with E-state index in [9.17, 15) is 0 Å². The van der Waals surface area contributed by atoms with Gasteiger partial charge in [0, 0.05) is 35.1 Å². The summed E-state index contributed by atoms with van der Waals surface area (Å²) in [4.78, 5) is 2.18. The maximum absolute atomic E-state index is 6.14. The molecule has 0 radical (unpaired) electrons. The zero-order valence-electron chi connectivity index (χ0n) is 14.1. The molecule has 25 heavy (non-hydrogen) atoms. The fourth-order valence-corrected chi connectivity index (χ4v) is 4.06. The van der Waals surface area contributed by atoms with Gasteiger partial charge in [-0.15, -0.1) is 0 Å². The predicted molar refractivity (Wildman–Crippen MR) is 110 cm³/mol. The molecule has 1 N–H and O–H groups in total. The van der Waals surface area contributed by atoms with Crippen LogP contribution in [0.25, 0.3) is 0 Å². The number of halogens is 3. The molecule has 0 atom stereocenters. The van der Waals surface area contributed by atoms with Gasteiger partial charge in [0.25, 0.3) is 0 Å². The Balaban J connectivity index is 1.82. The first kappa shape index (κ1) is 18.1. The van der Waals surface area contributed by atoms with E-state index in [-0.39, 0.29) is 5.41 Å². The predicted octanol–water partition coefficient (Wildman–Crippen LogP) is 6.36. The molecule has 3 rings (SSSR count). The van der Waals surface area contributed by atoms with Crippen molar-refractivity contribution in [2.45, 2.75) is 19.3 Å². The monoisotopic (exact) mass is 393 g/mol. The molecule has 0 aliphatic carbocycles. The Kier molecular flexibility index (Phi) is 5.01. The van der Waals surface area contributed by atoms with Crippen LogP contribution in [0.15, 0.2) is 53.3 Å². The van der Waals surface area contributed by atoms with E-state index >= 15 is 0 Å². The van der Waals surface area contributed by atoms with E-state index in [1.807, 2.05) is 6.08 Å². The lowest BCUT2D eigenvalue weighted by Crippen LogP contribution is -2.23. The molecule has 1 heterocycles. The Morgan fingerprint density at radius 3 is 2.36 bits per heavy atom. The highest BCUT2D eigenvalue weighted by Gasteiger charge is 2.37. The van der Waals surface area contributed by atoms with Crippen LogP contribution < -0.4 is 10.3 Å². The summed E-state index contributed by atoms with van der Waals surface area (Å²) in [6.07, 6.45) is 3.70. The average Bonchev–Trinajstić information content (AvgIpc) is 2.74. The van der Waals surface area contributed by atoms with E-state index in [4.69, 9.17) is 34.8 Å². The maximum atomic E-state index is 6.14. The smallest absolute Gasteiger partial charge is 0.0935 e. The lowest BCUT2D eigenvalue weighted by Gasteiger charge is -2.23. The number of rotatable bonds is 3. The molecule has 130 valence electrons. The SMILES string of the molecule is CN1/C(=C\C=N\Nc2c(Cl)cc(Cl)cc2Cl)C(C)(C)c2ccccc21. The molecular formula is C19H18Cl3N3. The first-order valence-electron chi connectivity index (χ1n) is 7.80. The molecule has 3 nitrogen and oxygen atoms in total. The molecule has 0 saturated carbocycles. The molecule has 1 aliphatic heterocycles. The van der Waals surface area contributed by atoms with Gasteiger partial charge in [-0.1, -0.05) is 66.8 Å². The number of anilines is 2. The normalized spacial score (nSPS) is 17.4. The third-order valence-corrected chi connectivity index (χ3v) is 5.25. The fraction of sp³-hybridized carbons (Fsp3) is 0.211. The van der Waals surface area contributed by atoms with E-state index in [0.29, 0.717) is 20.8 Å². The number of hydrazone groups is 1. The van der Waals surface area contributed by atoms with E-state index in [1.54, 1.807) is 18.3 Å². The minimum absolute atomic E-state index is 0.0904. The van der Waals surface area contributed by atoms with E-state index in [0.717, 1.165) is 5.70 Å². The van der Waals surface area contributed by atoms with E-state index in [1.165, 1.54) is 11.3 Å². The van der Waals surface area contributed by atoms with E-state index < -0.39 is 0 Å². The number of hydrogen-bond acceptors (Lipinski definition) is 3. The summed E-state index contributed by atoms with van der Waals surface area (Å²) in [6, 6.07) is 11.6. The highest BCUT2D eigenvalue weighted by atomic mass is 35.5. The molecule has 0 unspecified atom stereocenters. The first-order chi connectivity index (χ1) is 11.8. The Bertz CT molecular complexity index is 849. The highest BCUT2D eigenvalue weighted by Crippen LogP contribution is 2.46. The maximum Gasteiger partial charge on any atom is 0.0935 e. The molecule has 6 heteroatoms. The number of para-hydroxylation sites is 1. The van der Waals surface area contributed by atoms with Crippen LogP contribution in [0.3, 0.4) is 0 Å². The van der Waals surface area contributed by atoms with Crippen molar-refractivity contribution in [1.82, 2.24) is 0 Å². The van der Waals surface area contributed by atoms with Crippen LogP contribution in [0.4, 0.5) is 11.4 Å². The van der Waals surface area contributed by atoms with Gasteiger partial charge in [-0.25, -0.2) is 0 Å². The van der Waals surface area contributed by atoms with Crippen molar-refractivity contribution in [3.05, 3.63) is 68.8 Å². The van der Waals surface area contributed by atoms with Crippen LogP contribution in [0, 0.1) is 0 Å². The molecule has 0 bridgehead atoms. The van der Waals surface area contributed by atoms with Gasteiger partial charge in [0.05, 0.1) is 15.7 Å². The van der Waals surface area contributed by atoms with Crippen molar-refractivity contribution in [2.75, 3.05) is 17.4 Å². The Morgan fingerprint density at radius 2 is 1.72 bits per heavy atom. The quantitative estimate of drug-likeness (QED) is 0.485. The Hall–Kier alpha value is -1.68. The number of allylic oxidation sites excluding steroid dienone is 2. The third-order valence-electron chi connectivity index (χ3n) is 4.43. The third kappa shape index (κ3) is 3.37. The summed E-state index contributed by atoms with van der Waals surface area (Å²) in [5, 5.41) is 5.56. The molecule has 2 aromatic rings. The van der Waals surface area contributed by atoms with Crippen molar-refractivity contribution in [1.29, 1.82) is 0 Å². The van der Waals surface area contributed by atoms with Crippen LogP contribution in [0.1, 0.15) is 19.4 Å². The number of nitrogens with one attached hydrogen (secondary N) is 1. The van der Waals surface area contributed by atoms with Crippen LogP contribution >= 0.6 is 34.8 Å². The van der Waals surface area contributed by atoms with Crippen molar-refractivity contribution >= 4 is 52.4 Å². The molecule has 1 aliphatic rings. The second-order valence-corrected chi connectivity index (χ2v) is 7.64. The van der Waals surface area contributed by atoms with Gasteiger partial charge < -0.3 is 4.90 Å². The summed E-state index contributed by atoms with van der Waals surface area (Å²) in [5.41, 5.74) is 6.99. The summed E-state index contributed by atoms with van der Waals surface area (Å²) in [5.74, 6) is 0. The van der Waals surface area contributed by atoms with Gasteiger partial charge in [0.1, 0.15) is 0 Å². The van der Waals surface area contributed by atoms with Crippen LogP contribution in [0.2, 0.25) is 15.1 Å². The summed E-state index contributed by atoms with van der Waals surface area (Å²) < 4.78 is 0. The van der Waals surface area contributed by atoms with Gasteiger partial charge in [-0.3, -0.25) is 5.43 Å². The molecule has 2 aromatic carbocycles. The largest absolute Gasteiger partial charge is 0.347 e. The molecule has 0 saturated heterocycles. The average molecular weight is 395 g/mol. The molecule has 0 aromatic heterocycles. The number of likely N-dealkylation sites (N-methyl/N-ethyl adjacent to an activating group) is 1. The fourth-order valence-electron chi connectivity index (χ4n) is 3.16.